The second kappa shape index (κ2) is 8.86. The van der Waals surface area contributed by atoms with Gasteiger partial charge in [0, 0.05) is 6.54 Å². The van der Waals surface area contributed by atoms with E-state index in [0.29, 0.717) is 0 Å². The minimum atomic E-state index is 0. The summed E-state index contributed by atoms with van der Waals surface area (Å²) in [5.41, 5.74) is 2.52. The Morgan fingerprint density at radius 2 is 2.17 bits per heavy atom. The first-order chi connectivity index (χ1) is 2.41. The Hall–Kier alpha value is -0.120. The van der Waals surface area contributed by atoms with Crippen LogP contribution in [-0.4, -0.2) is 6.54 Å². The van der Waals surface area contributed by atoms with Crippen molar-refractivity contribution in [2.75, 3.05) is 6.54 Å². The molecule has 3 nitrogen and oxygen atoms in total. The van der Waals surface area contributed by atoms with Gasteiger partial charge >= 0.3 is 0 Å². The van der Waals surface area contributed by atoms with Gasteiger partial charge < -0.3 is 6.15 Å². The van der Waals surface area contributed by atoms with Gasteiger partial charge in [0.2, 0.25) is 0 Å². The third-order valence-electron chi connectivity index (χ3n) is 0.394. The maximum absolute atomic E-state index is 4.89. The zero-order valence-corrected chi connectivity index (χ0v) is 4.20. The number of hydrazine groups is 1. The number of nitrogens with one attached hydrogen (secondary N) is 1. The van der Waals surface area contributed by atoms with Gasteiger partial charge in [0.1, 0.15) is 0 Å². The van der Waals surface area contributed by atoms with E-state index in [-0.39, 0.29) is 6.15 Å². The van der Waals surface area contributed by atoms with Crippen LogP contribution < -0.4 is 17.4 Å². The Labute approximate surface area is 38.5 Å². The summed E-state index contributed by atoms with van der Waals surface area (Å²) in [5, 5.41) is 0. The molecule has 0 aromatic heterocycles. The average molecular weight is 91.2 g/mol. The van der Waals surface area contributed by atoms with Gasteiger partial charge in [-0.1, -0.05) is 6.92 Å². The highest BCUT2D eigenvalue weighted by Crippen LogP contribution is 1.61. The van der Waals surface area contributed by atoms with Gasteiger partial charge in [0.25, 0.3) is 0 Å². The smallest absolute Gasteiger partial charge is 0.00947 e. The van der Waals surface area contributed by atoms with Gasteiger partial charge in [0.05, 0.1) is 0 Å². The molecule has 0 fully saturated rings. The van der Waals surface area contributed by atoms with Crippen molar-refractivity contribution in [3.8, 4) is 0 Å². The van der Waals surface area contributed by atoms with Gasteiger partial charge in [-0.15, -0.1) is 0 Å². The third kappa shape index (κ3) is 9.11. The molecular weight excluding hydrogens is 78.1 g/mol. The first-order valence-electron chi connectivity index (χ1n) is 1.85. The van der Waals surface area contributed by atoms with E-state index in [2.05, 4.69) is 12.3 Å². The molecule has 0 unspecified atom stereocenters. The van der Waals surface area contributed by atoms with Crippen molar-refractivity contribution in [2.45, 2.75) is 13.3 Å². The molecular formula is C3H13N3. The van der Waals surface area contributed by atoms with Crippen molar-refractivity contribution in [3.63, 3.8) is 0 Å². The van der Waals surface area contributed by atoms with Crippen LogP contribution in [0.25, 0.3) is 0 Å². The van der Waals surface area contributed by atoms with Crippen molar-refractivity contribution in [1.29, 1.82) is 0 Å². The lowest BCUT2D eigenvalue weighted by atomic mass is 10.5. The van der Waals surface area contributed by atoms with E-state index >= 15 is 0 Å². The Morgan fingerprint density at radius 1 is 1.67 bits per heavy atom. The first-order valence-corrected chi connectivity index (χ1v) is 1.85. The predicted octanol–water partition coefficient (Wildman–Crippen LogP) is 0.0217. The highest BCUT2D eigenvalue weighted by atomic mass is 15.2. The summed E-state index contributed by atoms with van der Waals surface area (Å²) in [5.74, 6) is 4.89. The summed E-state index contributed by atoms with van der Waals surface area (Å²) in [6.45, 7) is 2.99. The van der Waals surface area contributed by atoms with Crippen LogP contribution in [0.3, 0.4) is 0 Å². The normalized spacial score (nSPS) is 7.00. The van der Waals surface area contributed by atoms with Crippen LogP contribution >= 0.6 is 0 Å². The average Bonchev–Trinajstić information content (AvgIpc) is 1.41. The fourth-order valence-corrected chi connectivity index (χ4v) is 0.144. The lowest BCUT2D eigenvalue weighted by Crippen LogP contribution is -2.21. The van der Waals surface area contributed by atoms with Gasteiger partial charge in [-0.2, -0.15) is 0 Å². The van der Waals surface area contributed by atoms with Gasteiger partial charge in [-0.25, -0.2) is 0 Å². The van der Waals surface area contributed by atoms with Crippen LogP contribution in [0.1, 0.15) is 13.3 Å². The molecule has 6 N–H and O–H groups in total. The molecule has 0 aliphatic rings. The van der Waals surface area contributed by atoms with E-state index in [0.717, 1.165) is 13.0 Å². The molecule has 0 aromatic carbocycles. The van der Waals surface area contributed by atoms with Crippen LogP contribution in [0, 0.1) is 0 Å². The number of nitrogens with two attached hydrogens (primary N) is 1. The zero-order valence-electron chi connectivity index (χ0n) is 4.20. The van der Waals surface area contributed by atoms with Crippen molar-refractivity contribution < 1.29 is 0 Å². The third-order valence-corrected chi connectivity index (χ3v) is 0.394. The highest BCUT2D eigenvalue weighted by molar-refractivity contribution is 4.25. The summed E-state index contributed by atoms with van der Waals surface area (Å²) in [6.07, 6.45) is 1.11. The lowest BCUT2D eigenvalue weighted by molar-refractivity contribution is 0.714. The summed E-state index contributed by atoms with van der Waals surface area (Å²) in [7, 11) is 0. The molecule has 0 rings (SSSR count). The van der Waals surface area contributed by atoms with E-state index in [4.69, 9.17) is 5.84 Å². The quantitative estimate of drug-likeness (QED) is 0.331. The predicted molar refractivity (Wildman–Crippen MR) is 27.5 cm³/mol. The summed E-state index contributed by atoms with van der Waals surface area (Å²) in [6, 6.07) is 0. The van der Waals surface area contributed by atoms with Crippen molar-refractivity contribution >= 4 is 0 Å². The van der Waals surface area contributed by atoms with Gasteiger partial charge in [-0.3, -0.25) is 11.3 Å². The molecule has 0 aromatic rings. The van der Waals surface area contributed by atoms with E-state index in [1.807, 2.05) is 0 Å². The largest absolute Gasteiger partial charge is 0.344 e. The van der Waals surface area contributed by atoms with Crippen molar-refractivity contribution in [3.05, 3.63) is 0 Å². The van der Waals surface area contributed by atoms with E-state index in [1.54, 1.807) is 0 Å². The van der Waals surface area contributed by atoms with Crippen LogP contribution in [0.5, 0.6) is 0 Å². The van der Waals surface area contributed by atoms with Crippen molar-refractivity contribution in [2.24, 2.45) is 5.84 Å². The molecule has 0 atom stereocenters. The fourth-order valence-electron chi connectivity index (χ4n) is 0.144. The molecule has 0 saturated carbocycles. The molecule has 0 heterocycles. The highest BCUT2D eigenvalue weighted by Gasteiger charge is 1.64. The van der Waals surface area contributed by atoms with Crippen LogP contribution in [0.4, 0.5) is 0 Å². The maximum atomic E-state index is 4.89. The molecule has 0 bridgehead atoms. The lowest BCUT2D eigenvalue weighted by Gasteiger charge is -1.85. The van der Waals surface area contributed by atoms with E-state index in [9.17, 15) is 0 Å². The monoisotopic (exact) mass is 91.1 g/mol. The second-order valence-corrected chi connectivity index (χ2v) is 0.954. The molecule has 3 heteroatoms. The Bertz CT molecular complexity index is 13.5. The Morgan fingerprint density at radius 3 is 2.17 bits per heavy atom. The Kier molecular flexibility index (Phi) is 13.7. The molecule has 40 valence electrons. The summed E-state index contributed by atoms with van der Waals surface area (Å²) >= 11 is 0. The fraction of sp³-hybridized carbons (Fsp3) is 1.00. The molecule has 0 radical (unpaired) electrons. The molecule has 0 saturated heterocycles. The molecule has 6 heavy (non-hydrogen) atoms. The molecule has 0 spiro atoms. The van der Waals surface area contributed by atoms with E-state index < -0.39 is 0 Å². The zero-order chi connectivity index (χ0) is 4.12. The molecule has 0 amide bonds. The number of hydrogen-bond acceptors (Lipinski definition) is 3. The van der Waals surface area contributed by atoms with Crippen LogP contribution in [0.15, 0.2) is 0 Å². The van der Waals surface area contributed by atoms with E-state index in [1.165, 1.54) is 0 Å². The second-order valence-electron chi connectivity index (χ2n) is 0.954. The van der Waals surface area contributed by atoms with Crippen LogP contribution in [-0.2, 0) is 0 Å². The standard InChI is InChI=1S/C3H10N2.H3N/c1-2-3-5-4;/h5H,2-4H2,1H3;1H3. The SMILES string of the molecule is CCCNN.N. The number of hydrogen-bond donors (Lipinski definition) is 3. The van der Waals surface area contributed by atoms with Crippen LogP contribution in [0.2, 0.25) is 0 Å². The van der Waals surface area contributed by atoms with Gasteiger partial charge in [-0.05, 0) is 6.42 Å². The minimum Gasteiger partial charge on any atom is -0.344 e. The topological polar surface area (TPSA) is 73.0 Å². The number of rotatable bonds is 2. The first kappa shape index (κ1) is 9.30. The molecule has 0 aliphatic heterocycles. The molecule has 0 aliphatic carbocycles. The summed E-state index contributed by atoms with van der Waals surface area (Å²) in [4.78, 5) is 0. The maximum Gasteiger partial charge on any atom is 0.00947 e. The Balaban J connectivity index is 0. The minimum absolute atomic E-state index is 0. The summed E-state index contributed by atoms with van der Waals surface area (Å²) < 4.78 is 0. The van der Waals surface area contributed by atoms with Crippen molar-refractivity contribution in [1.82, 2.24) is 11.6 Å². The van der Waals surface area contributed by atoms with Gasteiger partial charge in [0.15, 0.2) is 0 Å².